The number of carbonyl (C=O) groups is 2. The summed E-state index contributed by atoms with van der Waals surface area (Å²) in [5.41, 5.74) is 3.30. The standard InChI is InChI=1S/C25H21ClN4O3/c1-2-33-24(31)18-8-14-21(15-9-18)30-23(16-22(29-30)17-6-4-3-5-7-17)28-25(32)27-20-12-10-19(26)11-13-20/h3-16H,2H2,1H3,(H2,27,28,32). The SMILES string of the molecule is CCOC(=O)c1ccc(-n2nc(-c3ccccc3)cc2NC(=O)Nc2ccc(Cl)cc2)cc1. The van der Waals surface area contributed by atoms with E-state index in [1.807, 2.05) is 30.3 Å². The molecule has 0 bridgehead atoms. The van der Waals surface area contributed by atoms with Gasteiger partial charge in [-0.25, -0.2) is 14.3 Å². The van der Waals surface area contributed by atoms with Gasteiger partial charge in [0.2, 0.25) is 0 Å². The first-order chi connectivity index (χ1) is 16.0. The molecule has 0 aliphatic rings. The highest BCUT2D eigenvalue weighted by atomic mass is 35.5. The number of nitrogens with zero attached hydrogens (tertiary/aromatic N) is 2. The number of ether oxygens (including phenoxy) is 1. The Morgan fingerprint density at radius 2 is 1.64 bits per heavy atom. The molecule has 0 unspecified atom stereocenters. The summed E-state index contributed by atoms with van der Waals surface area (Å²) < 4.78 is 6.65. The van der Waals surface area contributed by atoms with Gasteiger partial charge in [-0.15, -0.1) is 0 Å². The third kappa shape index (κ3) is 5.39. The van der Waals surface area contributed by atoms with Gasteiger partial charge >= 0.3 is 12.0 Å². The van der Waals surface area contributed by atoms with Gasteiger partial charge < -0.3 is 10.1 Å². The summed E-state index contributed by atoms with van der Waals surface area (Å²) in [7, 11) is 0. The number of halogens is 1. The number of hydrogen-bond acceptors (Lipinski definition) is 4. The average molecular weight is 461 g/mol. The fraction of sp³-hybridized carbons (Fsp3) is 0.0800. The summed E-state index contributed by atoms with van der Waals surface area (Å²) in [6.07, 6.45) is 0. The highest BCUT2D eigenvalue weighted by Gasteiger charge is 2.15. The van der Waals surface area contributed by atoms with Crippen LogP contribution in [0.5, 0.6) is 0 Å². The Labute approximate surface area is 196 Å². The highest BCUT2D eigenvalue weighted by molar-refractivity contribution is 6.30. The summed E-state index contributed by atoms with van der Waals surface area (Å²) >= 11 is 5.91. The zero-order chi connectivity index (χ0) is 23.2. The van der Waals surface area contributed by atoms with Gasteiger partial charge in [-0.3, -0.25) is 5.32 Å². The van der Waals surface area contributed by atoms with Gasteiger partial charge in [0, 0.05) is 22.3 Å². The molecular formula is C25H21ClN4O3. The molecule has 0 radical (unpaired) electrons. The number of aromatic nitrogens is 2. The Hall–Kier alpha value is -4.10. The molecule has 4 aromatic rings. The van der Waals surface area contributed by atoms with Crippen molar-refractivity contribution in [1.82, 2.24) is 9.78 Å². The number of rotatable bonds is 6. The molecule has 3 aromatic carbocycles. The summed E-state index contributed by atoms with van der Waals surface area (Å²) in [5.74, 6) is 0.0689. The second kappa shape index (κ2) is 10.0. The van der Waals surface area contributed by atoms with E-state index < -0.39 is 12.0 Å². The minimum absolute atomic E-state index is 0.303. The Bertz CT molecular complexity index is 1250. The molecule has 1 aromatic heterocycles. The molecule has 0 atom stereocenters. The third-order valence-corrected chi connectivity index (χ3v) is 5.00. The van der Waals surface area contributed by atoms with Gasteiger partial charge in [-0.05, 0) is 55.5 Å². The zero-order valence-corrected chi connectivity index (χ0v) is 18.5. The van der Waals surface area contributed by atoms with Crippen LogP contribution in [0.1, 0.15) is 17.3 Å². The maximum absolute atomic E-state index is 12.7. The van der Waals surface area contributed by atoms with Crippen LogP contribution in [0, 0.1) is 0 Å². The van der Waals surface area contributed by atoms with E-state index in [0.29, 0.717) is 40.1 Å². The summed E-state index contributed by atoms with van der Waals surface area (Å²) in [4.78, 5) is 24.6. The topological polar surface area (TPSA) is 85.2 Å². The Morgan fingerprint density at radius 3 is 2.30 bits per heavy atom. The number of esters is 1. The van der Waals surface area contributed by atoms with Crippen LogP contribution in [0.15, 0.2) is 84.9 Å². The molecular weight excluding hydrogens is 440 g/mol. The van der Waals surface area contributed by atoms with Gasteiger partial charge in [0.25, 0.3) is 0 Å². The van der Waals surface area contributed by atoms with Crippen molar-refractivity contribution in [2.24, 2.45) is 0 Å². The predicted molar refractivity (Wildman–Crippen MR) is 129 cm³/mol. The average Bonchev–Trinajstić information content (AvgIpc) is 3.25. The lowest BCUT2D eigenvalue weighted by atomic mass is 10.2. The van der Waals surface area contributed by atoms with Gasteiger partial charge in [-0.2, -0.15) is 5.10 Å². The van der Waals surface area contributed by atoms with E-state index in [1.54, 1.807) is 66.2 Å². The second-order valence-corrected chi connectivity index (χ2v) is 7.48. The van der Waals surface area contributed by atoms with Gasteiger partial charge in [0.1, 0.15) is 5.82 Å². The first-order valence-electron chi connectivity index (χ1n) is 10.3. The second-order valence-electron chi connectivity index (χ2n) is 7.05. The molecule has 1 heterocycles. The quantitative estimate of drug-likeness (QED) is 0.345. The molecule has 2 amide bonds. The van der Waals surface area contributed by atoms with Crippen LogP contribution in [-0.2, 0) is 4.74 Å². The molecule has 0 aliphatic heterocycles. The fourth-order valence-corrected chi connectivity index (χ4v) is 3.31. The first-order valence-corrected chi connectivity index (χ1v) is 10.7. The van der Waals surface area contributed by atoms with Crippen molar-refractivity contribution in [3.05, 3.63) is 95.5 Å². The van der Waals surface area contributed by atoms with Crippen LogP contribution in [0.3, 0.4) is 0 Å². The molecule has 0 saturated heterocycles. The van der Waals surface area contributed by atoms with E-state index in [9.17, 15) is 9.59 Å². The van der Waals surface area contributed by atoms with Crippen molar-refractivity contribution in [3.8, 4) is 16.9 Å². The first kappa shape index (κ1) is 22.1. The molecule has 2 N–H and O–H groups in total. The number of nitrogens with one attached hydrogen (secondary N) is 2. The molecule has 166 valence electrons. The minimum Gasteiger partial charge on any atom is -0.462 e. The van der Waals surface area contributed by atoms with Gasteiger partial charge in [0.15, 0.2) is 0 Å². The monoisotopic (exact) mass is 460 g/mol. The lowest BCUT2D eigenvalue weighted by molar-refractivity contribution is 0.0526. The lowest BCUT2D eigenvalue weighted by Crippen LogP contribution is -2.21. The number of amides is 2. The van der Waals surface area contributed by atoms with Crippen molar-refractivity contribution in [1.29, 1.82) is 0 Å². The highest BCUT2D eigenvalue weighted by Crippen LogP contribution is 2.25. The van der Waals surface area contributed by atoms with Crippen molar-refractivity contribution in [3.63, 3.8) is 0 Å². The van der Waals surface area contributed by atoms with Crippen LogP contribution >= 0.6 is 11.6 Å². The Morgan fingerprint density at radius 1 is 0.939 bits per heavy atom. The molecule has 4 rings (SSSR count). The molecule has 7 nitrogen and oxygen atoms in total. The zero-order valence-electron chi connectivity index (χ0n) is 17.8. The number of anilines is 2. The molecule has 0 spiro atoms. The lowest BCUT2D eigenvalue weighted by Gasteiger charge is -2.11. The molecule has 33 heavy (non-hydrogen) atoms. The Balaban J connectivity index is 1.63. The van der Waals surface area contributed by atoms with E-state index in [0.717, 1.165) is 5.56 Å². The van der Waals surface area contributed by atoms with Gasteiger partial charge in [-0.1, -0.05) is 41.9 Å². The van der Waals surface area contributed by atoms with Crippen LogP contribution in [-0.4, -0.2) is 28.4 Å². The van der Waals surface area contributed by atoms with E-state index in [-0.39, 0.29) is 0 Å². The maximum Gasteiger partial charge on any atom is 0.338 e. The number of carbonyl (C=O) groups excluding carboxylic acids is 2. The van der Waals surface area contributed by atoms with E-state index >= 15 is 0 Å². The van der Waals surface area contributed by atoms with Gasteiger partial charge in [0.05, 0.1) is 23.6 Å². The van der Waals surface area contributed by atoms with Crippen LogP contribution < -0.4 is 10.6 Å². The maximum atomic E-state index is 12.7. The van der Waals surface area contributed by atoms with Crippen LogP contribution in [0.4, 0.5) is 16.3 Å². The summed E-state index contributed by atoms with van der Waals surface area (Å²) in [6.45, 7) is 2.06. The van der Waals surface area contributed by atoms with E-state index in [4.69, 9.17) is 16.3 Å². The molecule has 0 aliphatic carbocycles. The van der Waals surface area contributed by atoms with Crippen LogP contribution in [0.25, 0.3) is 16.9 Å². The van der Waals surface area contributed by atoms with E-state index in [1.165, 1.54) is 0 Å². The van der Waals surface area contributed by atoms with Crippen molar-refractivity contribution in [2.75, 3.05) is 17.2 Å². The number of hydrogen-bond donors (Lipinski definition) is 2. The number of benzene rings is 3. The third-order valence-electron chi connectivity index (χ3n) is 4.75. The molecule has 0 saturated carbocycles. The van der Waals surface area contributed by atoms with Crippen molar-refractivity contribution >= 4 is 35.1 Å². The minimum atomic E-state index is -0.429. The smallest absolute Gasteiger partial charge is 0.338 e. The predicted octanol–water partition coefficient (Wildman–Crippen LogP) is 6.01. The molecule has 8 heteroatoms. The summed E-state index contributed by atoms with van der Waals surface area (Å²) in [6, 6.07) is 24.6. The fourth-order valence-electron chi connectivity index (χ4n) is 3.18. The summed E-state index contributed by atoms with van der Waals surface area (Å²) in [5, 5.41) is 10.9. The van der Waals surface area contributed by atoms with E-state index in [2.05, 4.69) is 15.7 Å². The molecule has 0 fully saturated rings. The number of urea groups is 1. The van der Waals surface area contributed by atoms with Crippen molar-refractivity contribution in [2.45, 2.75) is 6.92 Å². The largest absolute Gasteiger partial charge is 0.462 e. The Kier molecular flexibility index (Phi) is 6.71. The normalized spacial score (nSPS) is 10.5. The van der Waals surface area contributed by atoms with Crippen molar-refractivity contribution < 1.29 is 14.3 Å². The van der Waals surface area contributed by atoms with Crippen LogP contribution in [0.2, 0.25) is 5.02 Å².